The fourth-order valence-electron chi connectivity index (χ4n) is 14.9. The van der Waals surface area contributed by atoms with Crippen molar-refractivity contribution in [3.05, 3.63) is 556 Å². The molecule has 0 aromatic heterocycles. The Bertz CT molecular complexity index is 7440. The Kier molecular flexibility index (Phi) is 36.6. The molecule has 0 atom stereocenters. The number of benzene rings is 16. The Morgan fingerprint density at radius 2 is 0.280 bits per heavy atom. The predicted molar refractivity (Wildman–Crippen MR) is 643 cm³/mol. The van der Waals surface area contributed by atoms with E-state index in [1.165, 1.54) is 27.8 Å². The summed E-state index contributed by atoms with van der Waals surface area (Å²) < 4.78 is 0. The van der Waals surface area contributed by atoms with Crippen LogP contribution in [0.3, 0.4) is 0 Å². The second-order valence-electron chi connectivity index (χ2n) is 35.0. The number of allylic oxidation sites excluding steroid dienone is 16. The number of aliphatic imine (C=N–C) groups is 8. The maximum Gasteiger partial charge on any atom is 0.0638 e. The van der Waals surface area contributed by atoms with E-state index < -0.39 is 0 Å². The van der Waals surface area contributed by atoms with Crippen molar-refractivity contribution in [1.29, 1.82) is 0 Å². The molecule has 0 bridgehead atoms. The van der Waals surface area contributed by atoms with Crippen LogP contribution < -0.4 is 21.3 Å². The van der Waals surface area contributed by atoms with E-state index in [-0.39, 0.29) is 0 Å². The summed E-state index contributed by atoms with van der Waals surface area (Å²) >= 11 is 0. The van der Waals surface area contributed by atoms with Crippen molar-refractivity contribution < 1.29 is 0 Å². The number of hydrogen-bond donors (Lipinski definition) is 4. The Balaban J connectivity index is 0.000000133. The number of nitrogens with zero attached hydrogens (tertiary/aromatic N) is 16. The van der Waals surface area contributed by atoms with Crippen LogP contribution in [0.15, 0.2) is 525 Å². The lowest BCUT2D eigenvalue weighted by Crippen LogP contribution is -1.99. The molecule has 20 rings (SSSR count). The van der Waals surface area contributed by atoms with Gasteiger partial charge in [-0.25, -0.2) is 34.9 Å². The highest BCUT2D eigenvalue weighted by Crippen LogP contribution is 2.41. The highest BCUT2D eigenvalue weighted by atomic mass is 14.9. The number of nitrogens with one attached hydrogen (secondary N) is 4. The largest absolute Gasteiger partial charge is 0.687 e. The van der Waals surface area contributed by atoms with E-state index in [0.29, 0.717) is 0 Å². The van der Waals surface area contributed by atoms with E-state index in [4.69, 9.17) is 4.99 Å². The summed E-state index contributed by atoms with van der Waals surface area (Å²) in [5.41, 5.74) is 39.1. The Hall–Kier alpha value is -19.6. The van der Waals surface area contributed by atoms with Crippen LogP contribution in [0, 0.1) is 34.6 Å². The first-order valence-electron chi connectivity index (χ1n) is 49.2. The van der Waals surface area contributed by atoms with Gasteiger partial charge in [-0.2, -0.15) is 0 Å². The lowest BCUT2D eigenvalue weighted by Gasteiger charge is -2.28. The van der Waals surface area contributed by atoms with Gasteiger partial charge >= 0.3 is 0 Å². The van der Waals surface area contributed by atoms with Crippen LogP contribution in [-0.4, -0.2) is 80.9 Å². The van der Waals surface area contributed by atoms with Crippen molar-refractivity contribution in [2.45, 2.75) is 34.6 Å². The maximum absolute atomic E-state index is 4.69. The normalized spacial score (nSPS) is 12.1. The highest BCUT2D eigenvalue weighted by molar-refractivity contribution is 6.22. The number of rotatable bonds is 27. The minimum atomic E-state index is 0.886. The van der Waals surface area contributed by atoms with Crippen LogP contribution >= 0.6 is 0 Å². The summed E-state index contributed by atoms with van der Waals surface area (Å²) in [4.78, 5) is 36.7. The molecule has 0 amide bonds. The van der Waals surface area contributed by atoms with Crippen molar-refractivity contribution in [3.8, 4) is 0 Å². The summed E-state index contributed by atoms with van der Waals surface area (Å²) in [7, 11) is 9.04. The Labute approximate surface area is 880 Å². The molecule has 150 heavy (non-hydrogen) atoms. The van der Waals surface area contributed by atoms with Crippen LogP contribution in [0.25, 0.3) is 42.5 Å². The SMILES string of the molecule is CN=C1C=CC(=Nc2ccc(N=C3C=CC(=Nc4ccc(C)cc4)C=C3)cc2)C=C1.CNc1ccc(Nc2ccc(N=C3C=CC(=Nc4ccc(C)cc4)C=C3)cc2)cc1.C[N-]c1ccc(N=C2C=CC(=Nc3ccc([N-]c4ccc(C)cc4)cc3)C=C2)cc1.C[N-]c1ccc(Nc2ccc(Nc3ccc([N-]c4ccc(C)cc4)cc3)cc2)cc1.C[N-]c1ccc([N-]c2ccc([N-]c3ccc([N-]c4ccc(C)cc4)cc3)cc2)cc1. The van der Waals surface area contributed by atoms with E-state index in [9.17, 15) is 0 Å². The van der Waals surface area contributed by atoms with Gasteiger partial charge in [-0.05, 0) is 302 Å². The molecular formula is C130H114N20-8. The molecule has 16 aromatic rings. The average molecular weight is 1960 g/mol. The molecule has 0 saturated heterocycles. The molecule has 742 valence electrons. The van der Waals surface area contributed by atoms with Crippen LogP contribution in [0.4, 0.5) is 154 Å². The fourth-order valence-corrected chi connectivity index (χ4v) is 14.9. The van der Waals surface area contributed by atoms with Gasteiger partial charge in [0.05, 0.1) is 85.5 Å². The molecule has 0 unspecified atom stereocenters. The van der Waals surface area contributed by atoms with Gasteiger partial charge in [-0.15, -0.1) is 95.1 Å². The molecule has 20 heteroatoms. The third kappa shape index (κ3) is 33.2. The van der Waals surface area contributed by atoms with E-state index in [0.717, 1.165) is 199 Å². The van der Waals surface area contributed by atoms with Gasteiger partial charge in [0.15, 0.2) is 0 Å². The minimum absolute atomic E-state index is 0.886. The van der Waals surface area contributed by atoms with Crippen molar-refractivity contribution in [2.75, 3.05) is 56.5 Å². The fraction of sp³-hybridized carbons (Fsp3) is 0.0769. The molecule has 20 nitrogen and oxygen atoms in total. The van der Waals surface area contributed by atoms with Crippen molar-refractivity contribution in [2.24, 2.45) is 39.9 Å². The zero-order valence-electron chi connectivity index (χ0n) is 85.3. The molecular weight excluding hydrogens is 1840 g/mol. The van der Waals surface area contributed by atoms with E-state index >= 15 is 0 Å². The van der Waals surface area contributed by atoms with Crippen molar-refractivity contribution in [1.82, 2.24) is 0 Å². The molecule has 0 radical (unpaired) electrons. The summed E-state index contributed by atoms with van der Waals surface area (Å²) in [6.45, 7) is 10.4. The molecule has 16 aromatic carbocycles. The highest BCUT2D eigenvalue weighted by Gasteiger charge is 2.09. The molecule has 4 aliphatic rings. The van der Waals surface area contributed by atoms with Gasteiger partial charge in [0, 0.05) is 53.9 Å². The second kappa shape index (κ2) is 53.1. The van der Waals surface area contributed by atoms with E-state index in [1.807, 2.05) is 408 Å². The van der Waals surface area contributed by atoms with E-state index in [2.05, 4.69) is 218 Å². The molecule has 0 aliphatic heterocycles. The van der Waals surface area contributed by atoms with Gasteiger partial charge < -0.3 is 63.8 Å². The summed E-state index contributed by atoms with van der Waals surface area (Å²) in [6, 6.07) is 129. The number of hydrogen-bond acceptors (Lipinski definition) is 12. The topological polar surface area (TPSA) is 260 Å². The van der Waals surface area contributed by atoms with Crippen LogP contribution in [0.1, 0.15) is 27.8 Å². The second-order valence-corrected chi connectivity index (χ2v) is 35.0. The number of anilines is 7. The lowest BCUT2D eigenvalue weighted by molar-refractivity contribution is 1.43. The first kappa shape index (κ1) is 103. The Morgan fingerprint density at radius 1 is 0.153 bits per heavy atom. The standard InChI is InChI=1S/2C26H24N4.3C26H22N4/c5*1-19-3-5-21(6-4-19)28-23-11-13-25(14-12-23)30-26-17-15-24(16-18-26)29-22-9-7-20(27-2)8-10-22/h3-18,29-30H,1-2H3;3-18,27,29H,1-2H3;3*3-18H,1-2H3/q-2;;;-4;-2. The zero-order chi connectivity index (χ0) is 104. The van der Waals surface area contributed by atoms with Gasteiger partial charge in [0.2, 0.25) is 0 Å². The molecule has 0 saturated carbocycles. The third-order valence-electron chi connectivity index (χ3n) is 23.3. The van der Waals surface area contributed by atoms with Crippen LogP contribution in [-0.2, 0) is 0 Å². The third-order valence-corrected chi connectivity index (χ3v) is 23.3. The molecule has 4 N–H and O–H groups in total. The van der Waals surface area contributed by atoms with Crippen LogP contribution in [0.5, 0.6) is 0 Å². The van der Waals surface area contributed by atoms with Gasteiger partial charge in [0.25, 0.3) is 0 Å². The quantitative estimate of drug-likeness (QED) is 0.0366. The average Bonchev–Trinajstić information content (AvgIpc) is 0.857. The van der Waals surface area contributed by atoms with Gasteiger partial charge in [-0.1, -0.05) is 246 Å². The maximum atomic E-state index is 4.69. The van der Waals surface area contributed by atoms with Crippen molar-refractivity contribution >= 4 is 199 Å². The summed E-state index contributed by atoms with van der Waals surface area (Å²) in [5.74, 6) is 0. The summed E-state index contributed by atoms with van der Waals surface area (Å²) in [5, 5.41) is 49.0. The van der Waals surface area contributed by atoms with E-state index in [1.54, 1.807) is 28.2 Å². The molecule has 0 spiro atoms. The zero-order valence-corrected chi connectivity index (χ0v) is 85.3. The molecule has 0 fully saturated rings. The van der Waals surface area contributed by atoms with Gasteiger partial charge in [0.1, 0.15) is 0 Å². The molecule has 0 heterocycles. The van der Waals surface area contributed by atoms with Crippen molar-refractivity contribution in [3.63, 3.8) is 0 Å². The first-order chi connectivity index (χ1) is 73.4. The van der Waals surface area contributed by atoms with Crippen LogP contribution in [0.2, 0.25) is 0 Å². The smallest absolute Gasteiger partial charge is 0.0638 e. The molecule has 4 aliphatic carbocycles. The first-order valence-corrected chi connectivity index (χ1v) is 49.2. The minimum Gasteiger partial charge on any atom is -0.687 e. The number of aryl methyl sites for hydroxylation is 5. The lowest BCUT2D eigenvalue weighted by atomic mass is 10.1. The predicted octanol–water partition coefficient (Wildman–Crippen LogP) is 39.0. The Morgan fingerprint density at radius 3 is 0.480 bits per heavy atom. The van der Waals surface area contributed by atoms with Gasteiger partial charge in [-0.3, -0.25) is 4.99 Å². The monoisotopic (exact) mass is 1950 g/mol. The summed E-state index contributed by atoms with van der Waals surface area (Å²) in [6.07, 6.45) is 31.6.